The first-order chi connectivity index (χ1) is 9.41. The number of methoxy groups -OCH3 is 3. The molecule has 1 aromatic carbocycles. The van der Waals surface area contributed by atoms with Gasteiger partial charge in [0.1, 0.15) is 6.10 Å². The first-order valence-electron chi connectivity index (χ1n) is 5.99. The zero-order valence-corrected chi connectivity index (χ0v) is 11.7. The fourth-order valence-electron chi connectivity index (χ4n) is 2.45. The highest BCUT2D eigenvalue weighted by Gasteiger charge is 2.56. The fraction of sp³-hybridized carbons (Fsp3) is 0.429. The third-order valence-corrected chi connectivity index (χ3v) is 3.72. The van der Waals surface area contributed by atoms with E-state index in [9.17, 15) is 14.7 Å². The van der Waals surface area contributed by atoms with Crippen molar-refractivity contribution in [1.82, 2.24) is 0 Å². The highest BCUT2D eigenvalue weighted by Crippen LogP contribution is 2.49. The van der Waals surface area contributed by atoms with Gasteiger partial charge in [-0.25, -0.2) is 0 Å². The molecule has 0 spiro atoms. The molecule has 0 aliphatic heterocycles. The van der Waals surface area contributed by atoms with Gasteiger partial charge in [0.05, 0.1) is 21.3 Å². The van der Waals surface area contributed by atoms with Gasteiger partial charge in [0.15, 0.2) is 22.7 Å². The van der Waals surface area contributed by atoms with E-state index in [1.165, 1.54) is 40.4 Å². The minimum absolute atomic E-state index is 0.239. The zero-order chi connectivity index (χ0) is 15.1. The van der Waals surface area contributed by atoms with Crippen molar-refractivity contribution in [2.45, 2.75) is 13.0 Å². The Hall–Kier alpha value is -2.08. The SMILES string of the molecule is COC(=O)[C@]1(C)C(=O)c2cc(OC)c(OC)cc2[C@@H]1O. The minimum Gasteiger partial charge on any atom is -0.493 e. The lowest BCUT2D eigenvalue weighted by atomic mass is 9.84. The molecule has 0 heterocycles. The molecule has 1 aliphatic carbocycles. The van der Waals surface area contributed by atoms with E-state index in [2.05, 4.69) is 4.74 Å². The van der Waals surface area contributed by atoms with Gasteiger partial charge >= 0.3 is 5.97 Å². The Balaban J connectivity index is 2.62. The van der Waals surface area contributed by atoms with Gasteiger partial charge < -0.3 is 19.3 Å². The molecule has 0 unspecified atom stereocenters. The number of fused-ring (bicyclic) bond motifs is 1. The summed E-state index contributed by atoms with van der Waals surface area (Å²) in [6, 6.07) is 2.97. The number of hydrogen-bond donors (Lipinski definition) is 1. The average Bonchev–Trinajstić information content (AvgIpc) is 2.67. The van der Waals surface area contributed by atoms with Crippen LogP contribution < -0.4 is 9.47 Å². The third-order valence-electron chi connectivity index (χ3n) is 3.72. The van der Waals surface area contributed by atoms with Crippen molar-refractivity contribution in [2.75, 3.05) is 21.3 Å². The highest BCUT2D eigenvalue weighted by atomic mass is 16.5. The molecule has 1 aromatic rings. The molecule has 6 nitrogen and oxygen atoms in total. The molecule has 0 fully saturated rings. The Kier molecular flexibility index (Phi) is 3.43. The molecule has 0 amide bonds. The Bertz CT molecular complexity index is 579. The van der Waals surface area contributed by atoms with Gasteiger partial charge in [0, 0.05) is 5.56 Å². The molecule has 108 valence electrons. The normalized spacial score (nSPS) is 24.2. The van der Waals surface area contributed by atoms with Crippen LogP contribution in [0.3, 0.4) is 0 Å². The molecule has 2 rings (SSSR count). The van der Waals surface area contributed by atoms with Gasteiger partial charge in [0.25, 0.3) is 0 Å². The summed E-state index contributed by atoms with van der Waals surface area (Å²) >= 11 is 0. The first-order valence-corrected chi connectivity index (χ1v) is 5.99. The molecule has 2 atom stereocenters. The summed E-state index contributed by atoms with van der Waals surface area (Å²) in [7, 11) is 4.07. The van der Waals surface area contributed by atoms with Gasteiger partial charge in [0.2, 0.25) is 0 Å². The number of aliphatic hydroxyl groups is 1. The van der Waals surface area contributed by atoms with E-state index in [4.69, 9.17) is 9.47 Å². The quantitative estimate of drug-likeness (QED) is 0.660. The minimum atomic E-state index is -1.64. The van der Waals surface area contributed by atoms with E-state index >= 15 is 0 Å². The van der Waals surface area contributed by atoms with Crippen LogP contribution in [0.25, 0.3) is 0 Å². The van der Waals surface area contributed by atoms with Gasteiger partial charge in [-0.05, 0) is 24.6 Å². The molecular weight excluding hydrogens is 264 g/mol. The van der Waals surface area contributed by atoms with Crippen molar-refractivity contribution in [3.05, 3.63) is 23.3 Å². The van der Waals surface area contributed by atoms with Gasteiger partial charge in [-0.3, -0.25) is 9.59 Å². The Morgan fingerprint density at radius 1 is 1.20 bits per heavy atom. The van der Waals surface area contributed by atoms with Gasteiger partial charge in [-0.1, -0.05) is 0 Å². The van der Waals surface area contributed by atoms with Crippen molar-refractivity contribution < 1.29 is 28.9 Å². The van der Waals surface area contributed by atoms with E-state index in [1.807, 2.05) is 0 Å². The molecule has 0 aromatic heterocycles. The summed E-state index contributed by atoms with van der Waals surface area (Å²) in [5, 5.41) is 10.3. The van der Waals surface area contributed by atoms with E-state index in [0.717, 1.165) is 0 Å². The smallest absolute Gasteiger partial charge is 0.322 e. The number of carbonyl (C=O) groups excluding carboxylic acids is 2. The van der Waals surface area contributed by atoms with Crippen LogP contribution >= 0.6 is 0 Å². The molecule has 1 N–H and O–H groups in total. The molecule has 20 heavy (non-hydrogen) atoms. The fourth-order valence-corrected chi connectivity index (χ4v) is 2.45. The maximum absolute atomic E-state index is 12.4. The van der Waals surface area contributed by atoms with Crippen molar-refractivity contribution in [3.8, 4) is 11.5 Å². The van der Waals surface area contributed by atoms with E-state index in [-0.39, 0.29) is 5.56 Å². The lowest BCUT2D eigenvalue weighted by Gasteiger charge is -2.23. The average molecular weight is 280 g/mol. The van der Waals surface area contributed by atoms with Crippen molar-refractivity contribution in [2.24, 2.45) is 5.41 Å². The van der Waals surface area contributed by atoms with Gasteiger partial charge in [-0.15, -0.1) is 0 Å². The third kappa shape index (κ3) is 1.68. The summed E-state index contributed by atoms with van der Waals surface area (Å²) in [6.07, 6.45) is -1.28. The number of carbonyl (C=O) groups is 2. The predicted molar refractivity (Wildman–Crippen MR) is 69.0 cm³/mol. The summed E-state index contributed by atoms with van der Waals surface area (Å²) < 4.78 is 14.9. The zero-order valence-electron chi connectivity index (χ0n) is 11.7. The monoisotopic (exact) mass is 280 g/mol. The number of Topliss-reactive ketones (excluding diaryl/α,β-unsaturated/α-hetero) is 1. The van der Waals surface area contributed by atoms with Crippen molar-refractivity contribution in [1.29, 1.82) is 0 Å². The number of aliphatic hydroxyl groups excluding tert-OH is 1. The van der Waals surface area contributed by atoms with Crippen LogP contribution in [0.5, 0.6) is 11.5 Å². The number of ketones is 1. The largest absolute Gasteiger partial charge is 0.493 e. The van der Waals surface area contributed by atoms with E-state index in [1.54, 1.807) is 0 Å². The molecular formula is C14H16O6. The van der Waals surface area contributed by atoms with Crippen LogP contribution in [0.4, 0.5) is 0 Å². The molecule has 1 aliphatic rings. The van der Waals surface area contributed by atoms with Crippen LogP contribution in [-0.2, 0) is 9.53 Å². The Morgan fingerprint density at radius 2 is 1.75 bits per heavy atom. The lowest BCUT2D eigenvalue weighted by Crippen LogP contribution is -2.38. The van der Waals surface area contributed by atoms with Crippen LogP contribution in [0.15, 0.2) is 12.1 Å². The van der Waals surface area contributed by atoms with Crippen LogP contribution in [0.2, 0.25) is 0 Å². The summed E-state index contributed by atoms with van der Waals surface area (Å²) in [6.45, 7) is 1.37. The van der Waals surface area contributed by atoms with Gasteiger partial charge in [-0.2, -0.15) is 0 Å². The predicted octanol–water partition coefficient (Wildman–Crippen LogP) is 1.11. The summed E-state index contributed by atoms with van der Waals surface area (Å²) in [5.41, 5.74) is -1.07. The second kappa shape index (κ2) is 4.79. The maximum atomic E-state index is 12.4. The van der Waals surface area contributed by atoms with Crippen molar-refractivity contribution >= 4 is 11.8 Å². The standard InChI is InChI=1S/C14H16O6/c1-14(13(17)20-4)11(15)7-5-9(18-2)10(19-3)6-8(7)12(14)16/h5-6,11,15H,1-4H3/t11-,14-/m0/s1. The second-order valence-corrected chi connectivity index (χ2v) is 4.72. The molecule has 6 heteroatoms. The van der Waals surface area contributed by atoms with Crippen LogP contribution in [0.1, 0.15) is 28.9 Å². The van der Waals surface area contributed by atoms with E-state index in [0.29, 0.717) is 17.1 Å². The van der Waals surface area contributed by atoms with E-state index < -0.39 is 23.3 Å². The van der Waals surface area contributed by atoms with Crippen LogP contribution in [-0.4, -0.2) is 38.2 Å². The first kappa shape index (κ1) is 14.3. The number of ether oxygens (including phenoxy) is 3. The van der Waals surface area contributed by atoms with Crippen LogP contribution in [0, 0.1) is 5.41 Å². The maximum Gasteiger partial charge on any atom is 0.322 e. The lowest BCUT2D eigenvalue weighted by molar-refractivity contribution is -0.154. The Morgan fingerprint density at radius 3 is 2.25 bits per heavy atom. The Labute approximate surface area is 116 Å². The number of hydrogen-bond acceptors (Lipinski definition) is 6. The van der Waals surface area contributed by atoms with Crippen molar-refractivity contribution in [3.63, 3.8) is 0 Å². The number of rotatable bonds is 3. The highest BCUT2D eigenvalue weighted by molar-refractivity contribution is 6.16. The molecule has 0 saturated heterocycles. The molecule has 0 saturated carbocycles. The topological polar surface area (TPSA) is 82.1 Å². The summed E-state index contributed by atoms with van der Waals surface area (Å²) in [5.74, 6) is -0.523. The molecule has 0 radical (unpaired) electrons. The number of benzene rings is 1. The second-order valence-electron chi connectivity index (χ2n) is 4.72. The number of esters is 1. The molecule has 0 bridgehead atoms. The summed E-state index contributed by atoms with van der Waals surface area (Å²) in [4.78, 5) is 24.3.